The number of nitrogens with zero attached hydrogens (tertiary/aromatic N) is 2. The van der Waals surface area contributed by atoms with Crippen molar-refractivity contribution >= 4 is 45.0 Å². The average Bonchev–Trinajstić information content (AvgIpc) is 3.16. The van der Waals surface area contributed by atoms with Crippen LogP contribution in [0.15, 0.2) is 28.3 Å². The predicted molar refractivity (Wildman–Crippen MR) is 115 cm³/mol. The van der Waals surface area contributed by atoms with E-state index in [9.17, 15) is 9.59 Å². The van der Waals surface area contributed by atoms with Gasteiger partial charge in [0, 0.05) is 47.1 Å². The number of thiophene rings is 1. The molecule has 152 valence electrons. The van der Waals surface area contributed by atoms with Crippen LogP contribution in [0, 0.1) is 5.41 Å². The van der Waals surface area contributed by atoms with Crippen LogP contribution in [0.5, 0.6) is 0 Å². The average molecular weight is 468 g/mol. The van der Waals surface area contributed by atoms with E-state index in [0.29, 0.717) is 5.56 Å². The quantitative estimate of drug-likeness (QED) is 0.390. The highest BCUT2D eigenvalue weighted by Gasteiger charge is 2.26. The lowest BCUT2D eigenvalue weighted by Gasteiger charge is -2.22. The van der Waals surface area contributed by atoms with Gasteiger partial charge in [-0.3, -0.25) is 19.9 Å². The molecule has 2 rings (SSSR count). The molecule has 8 heteroatoms. The van der Waals surface area contributed by atoms with Crippen LogP contribution in [0.3, 0.4) is 0 Å². The van der Waals surface area contributed by atoms with E-state index in [2.05, 4.69) is 22.9 Å². The second-order valence-electron chi connectivity index (χ2n) is 7.76. The smallest absolute Gasteiger partial charge is 0.313 e. The number of hydrogen-bond donors (Lipinski definition) is 1. The maximum Gasteiger partial charge on any atom is 0.313 e. The Bertz CT molecular complexity index is 895. The Hall–Kier alpha value is -1.93. The molecule has 6 nitrogen and oxygen atoms in total. The van der Waals surface area contributed by atoms with Crippen LogP contribution in [0.4, 0.5) is 0 Å². The molecule has 0 radical (unpaired) electrons. The minimum Gasteiger partial charge on any atom is -0.460 e. The normalized spacial score (nSPS) is 12.5. The number of aromatic nitrogens is 1. The Balaban J connectivity index is 2.19. The number of amidine groups is 1. The fourth-order valence-electron chi connectivity index (χ4n) is 2.77. The van der Waals surface area contributed by atoms with Crippen molar-refractivity contribution in [3.05, 3.63) is 44.3 Å². The van der Waals surface area contributed by atoms with Crippen LogP contribution in [-0.4, -0.2) is 39.8 Å². The van der Waals surface area contributed by atoms with Gasteiger partial charge >= 0.3 is 5.97 Å². The zero-order valence-corrected chi connectivity index (χ0v) is 19.4. The Morgan fingerprint density at radius 2 is 2.00 bits per heavy atom. The highest BCUT2D eigenvalue weighted by atomic mass is 79.9. The van der Waals surface area contributed by atoms with Crippen molar-refractivity contribution in [2.24, 2.45) is 7.05 Å². The SMILES string of the molecule is CC(c1cc(Br)cs1)c1cn(C)cc1C(=O)N(C)C(=N)CC(=O)OC(C)(C)C. The van der Waals surface area contributed by atoms with Gasteiger partial charge in [0.1, 0.15) is 17.9 Å². The fraction of sp³-hybridized carbons (Fsp3) is 0.450. The van der Waals surface area contributed by atoms with E-state index < -0.39 is 11.6 Å². The van der Waals surface area contributed by atoms with Gasteiger partial charge < -0.3 is 9.30 Å². The van der Waals surface area contributed by atoms with E-state index in [4.69, 9.17) is 10.1 Å². The highest BCUT2D eigenvalue weighted by Crippen LogP contribution is 2.33. The molecular weight excluding hydrogens is 442 g/mol. The molecular formula is C20H26BrN3O3S. The van der Waals surface area contributed by atoms with Crippen LogP contribution in [0.25, 0.3) is 0 Å². The first kappa shape index (κ1) is 22.4. The number of esters is 1. The lowest BCUT2D eigenvalue weighted by molar-refractivity contribution is -0.153. The number of nitrogens with one attached hydrogen (secondary N) is 1. The summed E-state index contributed by atoms with van der Waals surface area (Å²) in [6.07, 6.45) is 3.43. The molecule has 0 aliphatic carbocycles. The summed E-state index contributed by atoms with van der Waals surface area (Å²) < 4.78 is 8.10. The number of carbonyl (C=O) groups is 2. The molecule has 2 aromatic heterocycles. The van der Waals surface area contributed by atoms with Crippen LogP contribution >= 0.6 is 27.3 Å². The highest BCUT2D eigenvalue weighted by molar-refractivity contribution is 9.10. The topological polar surface area (TPSA) is 75.4 Å². The van der Waals surface area contributed by atoms with E-state index in [1.54, 1.807) is 38.3 Å². The largest absolute Gasteiger partial charge is 0.460 e. The Morgan fingerprint density at radius 3 is 2.54 bits per heavy atom. The third-order valence-electron chi connectivity index (χ3n) is 4.14. The van der Waals surface area contributed by atoms with Gasteiger partial charge in [0.2, 0.25) is 0 Å². The molecule has 28 heavy (non-hydrogen) atoms. The minimum atomic E-state index is -0.628. The molecule has 2 aromatic rings. The van der Waals surface area contributed by atoms with E-state index in [-0.39, 0.29) is 24.1 Å². The fourth-order valence-corrected chi connectivity index (χ4v) is 4.29. The van der Waals surface area contributed by atoms with Crippen LogP contribution in [-0.2, 0) is 16.6 Å². The van der Waals surface area contributed by atoms with Crippen LogP contribution in [0.2, 0.25) is 0 Å². The summed E-state index contributed by atoms with van der Waals surface area (Å²) in [6.45, 7) is 7.36. The summed E-state index contributed by atoms with van der Waals surface area (Å²) in [5, 5.41) is 10.2. The molecule has 0 saturated heterocycles. The first-order chi connectivity index (χ1) is 12.9. The van der Waals surface area contributed by atoms with Crippen molar-refractivity contribution < 1.29 is 14.3 Å². The zero-order valence-electron chi connectivity index (χ0n) is 17.0. The Labute approximate surface area is 178 Å². The third kappa shape index (κ3) is 5.54. The summed E-state index contributed by atoms with van der Waals surface area (Å²) in [5.41, 5.74) is 0.784. The number of amides is 1. The summed E-state index contributed by atoms with van der Waals surface area (Å²) in [5.74, 6) is -0.903. The van der Waals surface area contributed by atoms with Crippen molar-refractivity contribution in [2.75, 3.05) is 7.05 Å². The molecule has 0 aromatic carbocycles. The first-order valence-corrected chi connectivity index (χ1v) is 10.5. The van der Waals surface area contributed by atoms with Crippen LogP contribution in [0.1, 0.15) is 60.8 Å². The molecule has 1 amide bonds. The zero-order chi connectivity index (χ0) is 21.2. The van der Waals surface area contributed by atoms with E-state index in [1.807, 2.05) is 29.3 Å². The lowest BCUT2D eigenvalue weighted by Crippen LogP contribution is -2.36. The standard InChI is InChI=1S/C20H26BrN3O3S/c1-12(16-7-13(21)11-28-16)14-9-23(5)10-15(14)19(26)24(6)17(22)8-18(25)27-20(2,3)4/h7,9-12,22H,8H2,1-6H3. The summed E-state index contributed by atoms with van der Waals surface area (Å²) in [6, 6.07) is 2.05. The third-order valence-corrected chi connectivity index (χ3v) is 6.02. The van der Waals surface area contributed by atoms with Gasteiger partial charge in [-0.25, -0.2) is 0 Å². The predicted octanol–water partition coefficient (Wildman–Crippen LogP) is 4.78. The van der Waals surface area contributed by atoms with Crippen molar-refractivity contribution in [2.45, 2.75) is 45.6 Å². The molecule has 0 spiro atoms. The molecule has 1 N–H and O–H groups in total. The monoisotopic (exact) mass is 467 g/mol. The van der Waals surface area contributed by atoms with E-state index in [1.165, 1.54) is 11.9 Å². The molecule has 0 aliphatic heterocycles. The minimum absolute atomic E-state index is 0.0323. The van der Waals surface area contributed by atoms with E-state index in [0.717, 1.165) is 14.9 Å². The van der Waals surface area contributed by atoms with Gasteiger partial charge in [0.05, 0.1) is 5.56 Å². The molecule has 0 fully saturated rings. The van der Waals surface area contributed by atoms with Crippen molar-refractivity contribution in [3.63, 3.8) is 0 Å². The number of rotatable bonds is 5. The van der Waals surface area contributed by atoms with Crippen LogP contribution < -0.4 is 0 Å². The second-order valence-corrected chi connectivity index (χ2v) is 9.61. The number of hydrogen-bond acceptors (Lipinski definition) is 5. The van der Waals surface area contributed by atoms with Gasteiger partial charge in [-0.15, -0.1) is 11.3 Å². The summed E-state index contributed by atoms with van der Waals surface area (Å²) in [7, 11) is 3.38. The first-order valence-electron chi connectivity index (χ1n) is 8.86. The number of ether oxygens (including phenoxy) is 1. The molecule has 0 bridgehead atoms. The summed E-state index contributed by atoms with van der Waals surface area (Å²) in [4.78, 5) is 27.4. The second kappa shape index (κ2) is 8.61. The molecule has 1 unspecified atom stereocenters. The van der Waals surface area contributed by atoms with Crippen molar-refractivity contribution in [1.82, 2.24) is 9.47 Å². The molecule has 0 saturated carbocycles. The van der Waals surface area contributed by atoms with Gasteiger partial charge in [-0.05, 0) is 48.3 Å². The maximum absolute atomic E-state index is 13.0. The Morgan fingerprint density at radius 1 is 1.36 bits per heavy atom. The van der Waals surface area contributed by atoms with Gasteiger partial charge in [-0.2, -0.15) is 0 Å². The molecule has 1 atom stereocenters. The molecule has 0 aliphatic rings. The van der Waals surface area contributed by atoms with E-state index >= 15 is 0 Å². The Kier molecular flexibility index (Phi) is 6.88. The van der Waals surface area contributed by atoms with Crippen molar-refractivity contribution in [3.8, 4) is 0 Å². The van der Waals surface area contributed by atoms with Gasteiger partial charge in [0.25, 0.3) is 5.91 Å². The number of halogens is 1. The molecule has 2 heterocycles. The van der Waals surface area contributed by atoms with Gasteiger partial charge in [-0.1, -0.05) is 6.92 Å². The number of carbonyl (C=O) groups excluding carboxylic acids is 2. The maximum atomic E-state index is 13.0. The van der Waals surface area contributed by atoms with Gasteiger partial charge in [0.15, 0.2) is 0 Å². The lowest BCUT2D eigenvalue weighted by atomic mass is 9.98. The van der Waals surface area contributed by atoms with Crippen molar-refractivity contribution in [1.29, 1.82) is 5.41 Å². The number of aryl methyl sites for hydroxylation is 1. The summed E-state index contributed by atoms with van der Waals surface area (Å²) >= 11 is 5.10.